The summed E-state index contributed by atoms with van der Waals surface area (Å²) in [4.78, 5) is 9.13. The quantitative estimate of drug-likeness (QED) is 0.350. The molecule has 0 atom stereocenters. The number of nitrogens with zero attached hydrogens (tertiary/aromatic N) is 3. The van der Waals surface area contributed by atoms with Gasteiger partial charge in [-0.2, -0.15) is 4.98 Å². The van der Waals surface area contributed by atoms with Crippen LogP contribution in [0.1, 0.15) is 44.5 Å². The molecular formula is C19H28IN5O. The summed E-state index contributed by atoms with van der Waals surface area (Å²) in [5, 5.41) is 10.7. The fourth-order valence-corrected chi connectivity index (χ4v) is 2.57. The molecule has 0 saturated heterocycles. The van der Waals surface area contributed by atoms with Gasteiger partial charge in [-0.3, -0.25) is 0 Å². The van der Waals surface area contributed by atoms with Crippen molar-refractivity contribution < 1.29 is 4.52 Å². The van der Waals surface area contributed by atoms with Crippen molar-refractivity contribution in [2.45, 2.75) is 46.1 Å². The molecular weight excluding hydrogens is 441 g/mol. The molecule has 1 aliphatic carbocycles. The average Bonchev–Trinajstić information content (AvgIpc) is 3.35. The molecule has 1 aromatic heterocycles. The van der Waals surface area contributed by atoms with E-state index in [4.69, 9.17) is 4.52 Å². The lowest BCUT2D eigenvalue weighted by Crippen LogP contribution is -2.38. The van der Waals surface area contributed by atoms with Crippen LogP contribution in [0.15, 0.2) is 33.8 Å². The van der Waals surface area contributed by atoms with E-state index in [-0.39, 0.29) is 24.0 Å². The number of nitrogens with one attached hydrogen (secondary N) is 2. The minimum absolute atomic E-state index is 0. The Kier molecular flexibility index (Phi) is 8.34. The van der Waals surface area contributed by atoms with Crippen molar-refractivity contribution in [3.8, 4) is 11.5 Å². The standard InChI is InChI=1S/C19H27N5O.HI/c1-3-6-17-23-18(25-24-17)16-8-5-7-15(11-16)13-22-19(20-4-2)21-12-14-9-10-14;/h5,7-8,11,14H,3-4,6,9-10,12-13H2,1-2H3,(H2,20,21,22);1H. The Morgan fingerprint density at radius 2 is 2.12 bits per heavy atom. The Morgan fingerprint density at radius 1 is 1.27 bits per heavy atom. The highest BCUT2D eigenvalue weighted by atomic mass is 127. The van der Waals surface area contributed by atoms with Gasteiger partial charge < -0.3 is 15.2 Å². The monoisotopic (exact) mass is 469 g/mol. The first-order chi connectivity index (χ1) is 12.3. The van der Waals surface area contributed by atoms with Gasteiger partial charge in [0.2, 0.25) is 0 Å². The zero-order chi connectivity index (χ0) is 17.5. The lowest BCUT2D eigenvalue weighted by molar-refractivity contribution is 0.422. The van der Waals surface area contributed by atoms with Gasteiger partial charge in [-0.1, -0.05) is 24.2 Å². The van der Waals surface area contributed by atoms with E-state index in [0.29, 0.717) is 12.4 Å². The van der Waals surface area contributed by atoms with Gasteiger partial charge in [0.25, 0.3) is 5.89 Å². The predicted molar refractivity (Wildman–Crippen MR) is 115 cm³/mol. The second kappa shape index (κ2) is 10.5. The topological polar surface area (TPSA) is 75.3 Å². The molecule has 0 amide bonds. The number of benzene rings is 1. The highest BCUT2D eigenvalue weighted by molar-refractivity contribution is 14.0. The van der Waals surface area contributed by atoms with Gasteiger partial charge in [0, 0.05) is 25.1 Å². The van der Waals surface area contributed by atoms with Gasteiger partial charge >= 0.3 is 0 Å². The normalized spacial score (nSPS) is 14.0. The lowest BCUT2D eigenvalue weighted by atomic mass is 10.1. The average molecular weight is 469 g/mol. The fourth-order valence-electron chi connectivity index (χ4n) is 2.57. The van der Waals surface area contributed by atoms with E-state index < -0.39 is 0 Å². The SMILES string of the molecule is CCCc1noc(-c2cccc(CN=C(NCC)NCC3CC3)c2)n1.I. The van der Waals surface area contributed by atoms with Crippen LogP contribution in [0, 0.1) is 5.92 Å². The predicted octanol–water partition coefficient (Wildman–Crippen LogP) is 3.77. The summed E-state index contributed by atoms with van der Waals surface area (Å²) in [7, 11) is 0. The van der Waals surface area contributed by atoms with Gasteiger partial charge in [-0.15, -0.1) is 24.0 Å². The number of aryl methyl sites for hydroxylation is 1. The van der Waals surface area contributed by atoms with Gasteiger partial charge in [0.1, 0.15) is 0 Å². The first-order valence-corrected chi connectivity index (χ1v) is 9.22. The number of rotatable bonds is 8. The highest BCUT2D eigenvalue weighted by Crippen LogP contribution is 2.27. The summed E-state index contributed by atoms with van der Waals surface area (Å²) in [6.07, 6.45) is 4.51. The number of aromatic nitrogens is 2. The van der Waals surface area contributed by atoms with Gasteiger partial charge in [0.15, 0.2) is 11.8 Å². The molecule has 0 radical (unpaired) electrons. The molecule has 3 rings (SSSR count). The summed E-state index contributed by atoms with van der Waals surface area (Å²) >= 11 is 0. The third-order valence-corrected chi connectivity index (χ3v) is 4.13. The zero-order valence-corrected chi connectivity index (χ0v) is 17.8. The molecule has 1 saturated carbocycles. The first kappa shape index (κ1) is 20.7. The minimum Gasteiger partial charge on any atom is -0.357 e. The third kappa shape index (κ3) is 6.26. The zero-order valence-electron chi connectivity index (χ0n) is 15.5. The van der Waals surface area contributed by atoms with Crippen molar-refractivity contribution in [3.05, 3.63) is 35.7 Å². The second-order valence-corrected chi connectivity index (χ2v) is 6.49. The molecule has 2 N–H and O–H groups in total. The molecule has 26 heavy (non-hydrogen) atoms. The van der Waals surface area contributed by atoms with Crippen LogP contribution in [-0.4, -0.2) is 29.2 Å². The van der Waals surface area contributed by atoms with Crippen molar-refractivity contribution in [2.75, 3.05) is 13.1 Å². The largest absolute Gasteiger partial charge is 0.357 e. The van der Waals surface area contributed by atoms with Crippen LogP contribution < -0.4 is 10.6 Å². The number of hydrogen-bond donors (Lipinski definition) is 2. The Bertz CT molecular complexity index is 711. The molecule has 0 bridgehead atoms. The van der Waals surface area contributed by atoms with Crippen molar-refractivity contribution >= 4 is 29.9 Å². The fraction of sp³-hybridized carbons (Fsp3) is 0.526. The Labute approximate surface area is 172 Å². The maximum absolute atomic E-state index is 5.37. The minimum atomic E-state index is 0. The summed E-state index contributed by atoms with van der Waals surface area (Å²) in [5.41, 5.74) is 2.06. The van der Waals surface area contributed by atoms with Crippen LogP contribution in [0.3, 0.4) is 0 Å². The summed E-state index contributed by atoms with van der Waals surface area (Å²) in [5.74, 6) is 3.04. The van der Waals surface area contributed by atoms with Crippen molar-refractivity contribution in [2.24, 2.45) is 10.9 Å². The second-order valence-electron chi connectivity index (χ2n) is 6.49. The number of hydrogen-bond acceptors (Lipinski definition) is 4. The van der Waals surface area contributed by atoms with Crippen LogP contribution in [0.25, 0.3) is 11.5 Å². The van der Waals surface area contributed by atoms with E-state index in [9.17, 15) is 0 Å². The van der Waals surface area contributed by atoms with Crippen LogP contribution in [0.5, 0.6) is 0 Å². The summed E-state index contributed by atoms with van der Waals surface area (Å²) < 4.78 is 5.37. The number of aliphatic imine (C=N–C) groups is 1. The van der Waals surface area contributed by atoms with Crippen molar-refractivity contribution in [1.29, 1.82) is 0 Å². The van der Waals surface area contributed by atoms with E-state index >= 15 is 0 Å². The number of guanidine groups is 1. The van der Waals surface area contributed by atoms with E-state index in [1.54, 1.807) is 0 Å². The molecule has 0 aliphatic heterocycles. The Hall–Kier alpha value is -1.64. The van der Waals surface area contributed by atoms with E-state index in [1.165, 1.54) is 12.8 Å². The highest BCUT2D eigenvalue weighted by Gasteiger charge is 2.21. The molecule has 1 heterocycles. The maximum atomic E-state index is 5.37. The molecule has 1 fully saturated rings. The van der Waals surface area contributed by atoms with Crippen molar-refractivity contribution in [3.63, 3.8) is 0 Å². The van der Waals surface area contributed by atoms with E-state index in [1.807, 2.05) is 12.1 Å². The number of halogens is 1. The molecule has 6 nitrogen and oxygen atoms in total. The first-order valence-electron chi connectivity index (χ1n) is 9.22. The Morgan fingerprint density at radius 3 is 2.85 bits per heavy atom. The van der Waals surface area contributed by atoms with Gasteiger partial charge in [-0.25, -0.2) is 4.99 Å². The van der Waals surface area contributed by atoms with Crippen molar-refractivity contribution in [1.82, 2.24) is 20.8 Å². The molecule has 1 aromatic carbocycles. The molecule has 0 unspecified atom stereocenters. The third-order valence-electron chi connectivity index (χ3n) is 4.13. The molecule has 142 valence electrons. The van der Waals surface area contributed by atoms with Gasteiger partial charge in [0.05, 0.1) is 6.54 Å². The maximum Gasteiger partial charge on any atom is 0.257 e. The summed E-state index contributed by atoms with van der Waals surface area (Å²) in [6, 6.07) is 8.14. The molecule has 2 aromatic rings. The Balaban J connectivity index is 0.00000243. The van der Waals surface area contributed by atoms with E-state index in [2.05, 4.69) is 51.7 Å². The lowest BCUT2D eigenvalue weighted by Gasteiger charge is -2.10. The molecule has 7 heteroatoms. The van der Waals surface area contributed by atoms with Gasteiger partial charge in [-0.05, 0) is 49.8 Å². The van der Waals surface area contributed by atoms with E-state index in [0.717, 1.165) is 54.8 Å². The summed E-state index contributed by atoms with van der Waals surface area (Å²) in [6.45, 7) is 6.67. The van der Waals surface area contributed by atoms with Crippen LogP contribution in [0.4, 0.5) is 0 Å². The smallest absolute Gasteiger partial charge is 0.257 e. The molecule has 1 aliphatic rings. The van der Waals surface area contributed by atoms with Crippen LogP contribution >= 0.6 is 24.0 Å². The molecule has 0 spiro atoms. The van der Waals surface area contributed by atoms with Crippen LogP contribution in [0.2, 0.25) is 0 Å². The van der Waals surface area contributed by atoms with Crippen LogP contribution in [-0.2, 0) is 13.0 Å².